The van der Waals surface area contributed by atoms with Crippen LogP contribution in [0.25, 0.3) is 0 Å². The van der Waals surface area contributed by atoms with E-state index < -0.39 is 0 Å². The van der Waals surface area contributed by atoms with Gasteiger partial charge in [0.2, 0.25) is 0 Å². The molecule has 102 valence electrons. The van der Waals surface area contributed by atoms with Gasteiger partial charge in [-0.05, 0) is 37.3 Å². The number of nitrogens with zero attached hydrogens (tertiary/aromatic N) is 4. The fourth-order valence-electron chi connectivity index (χ4n) is 2.40. The van der Waals surface area contributed by atoms with Crippen molar-refractivity contribution in [1.82, 2.24) is 14.6 Å². The minimum Gasteiger partial charge on any atom is -0.245 e. The highest BCUT2D eigenvalue weighted by molar-refractivity contribution is 7.98. The second-order valence-electron chi connectivity index (χ2n) is 4.59. The molecule has 0 spiro atoms. The minimum absolute atomic E-state index is 0.592. The molecule has 0 unspecified atom stereocenters. The molecule has 7 heteroatoms. The van der Waals surface area contributed by atoms with Crippen LogP contribution < -0.4 is 0 Å². The minimum atomic E-state index is 0.592. The van der Waals surface area contributed by atoms with Crippen LogP contribution in [0.2, 0.25) is 4.34 Å². The molecule has 0 radical (unpaired) electrons. The van der Waals surface area contributed by atoms with Crippen LogP contribution in [0.15, 0.2) is 5.03 Å². The Kier molecular flexibility index (Phi) is 3.92. The monoisotopic (exact) mass is 322 g/mol. The fourth-order valence-corrected chi connectivity index (χ4v) is 4.19. The van der Waals surface area contributed by atoms with Crippen molar-refractivity contribution in [2.45, 2.75) is 37.0 Å². The lowest BCUT2D eigenvalue weighted by molar-refractivity contribution is 0.891. The molecule has 1 aliphatic rings. The Balaban J connectivity index is 1.92. The van der Waals surface area contributed by atoms with Crippen LogP contribution in [0, 0.1) is 18.3 Å². The zero-order valence-electron chi connectivity index (χ0n) is 10.8. The fraction of sp³-hybridized carbons (Fsp3) is 0.385. The third-order valence-corrected chi connectivity index (χ3v) is 5.40. The van der Waals surface area contributed by atoms with E-state index in [-0.39, 0.29) is 0 Å². The SMILES string of the molecule is Cc1c(C#N)c(SCc2nnsc2Cl)nc2c1CCC2. The van der Waals surface area contributed by atoms with Crippen LogP contribution in [0.4, 0.5) is 0 Å². The maximum absolute atomic E-state index is 9.39. The summed E-state index contributed by atoms with van der Waals surface area (Å²) < 4.78 is 4.42. The summed E-state index contributed by atoms with van der Waals surface area (Å²) in [6.45, 7) is 2.02. The molecule has 2 heterocycles. The van der Waals surface area contributed by atoms with Gasteiger partial charge in [0, 0.05) is 23.0 Å². The Bertz CT molecular complexity index is 705. The molecule has 0 fully saturated rings. The van der Waals surface area contributed by atoms with E-state index in [2.05, 4.69) is 20.6 Å². The molecular formula is C13H11ClN4S2. The number of nitriles is 1. The van der Waals surface area contributed by atoms with E-state index in [1.807, 2.05) is 6.92 Å². The molecule has 0 saturated heterocycles. The van der Waals surface area contributed by atoms with Gasteiger partial charge in [0.05, 0.1) is 5.56 Å². The van der Waals surface area contributed by atoms with E-state index in [4.69, 9.17) is 11.6 Å². The quantitative estimate of drug-likeness (QED) is 0.809. The molecule has 4 nitrogen and oxygen atoms in total. The summed E-state index contributed by atoms with van der Waals surface area (Å²) in [5.74, 6) is 0.592. The molecule has 0 aromatic carbocycles. The van der Waals surface area contributed by atoms with Gasteiger partial charge in [0.25, 0.3) is 0 Å². The maximum Gasteiger partial charge on any atom is 0.138 e. The van der Waals surface area contributed by atoms with Gasteiger partial charge >= 0.3 is 0 Å². The highest BCUT2D eigenvalue weighted by atomic mass is 35.5. The van der Waals surface area contributed by atoms with Crippen LogP contribution in [-0.2, 0) is 18.6 Å². The Morgan fingerprint density at radius 2 is 2.30 bits per heavy atom. The molecular weight excluding hydrogens is 312 g/mol. The van der Waals surface area contributed by atoms with Crippen molar-refractivity contribution in [3.05, 3.63) is 32.4 Å². The number of aromatic nitrogens is 3. The van der Waals surface area contributed by atoms with Gasteiger partial charge < -0.3 is 0 Å². The lowest BCUT2D eigenvalue weighted by Crippen LogP contribution is -2.00. The normalized spacial score (nSPS) is 13.2. The van der Waals surface area contributed by atoms with Crippen molar-refractivity contribution in [3.8, 4) is 6.07 Å². The van der Waals surface area contributed by atoms with E-state index in [0.717, 1.165) is 41.2 Å². The number of pyridine rings is 1. The summed E-state index contributed by atoms with van der Waals surface area (Å²) in [7, 11) is 0. The molecule has 1 aliphatic carbocycles. The Labute approximate surface area is 130 Å². The first kappa shape index (κ1) is 13.8. The molecule has 0 atom stereocenters. The Morgan fingerprint density at radius 3 is 3.00 bits per heavy atom. The first-order chi connectivity index (χ1) is 9.70. The van der Waals surface area contributed by atoms with Crippen molar-refractivity contribution in [2.24, 2.45) is 0 Å². The van der Waals surface area contributed by atoms with Gasteiger partial charge in [-0.15, -0.1) is 5.10 Å². The van der Waals surface area contributed by atoms with E-state index in [0.29, 0.717) is 15.7 Å². The maximum atomic E-state index is 9.39. The van der Waals surface area contributed by atoms with Crippen molar-refractivity contribution in [2.75, 3.05) is 0 Å². The molecule has 2 aromatic rings. The lowest BCUT2D eigenvalue weighted by atomic mass is 10.0. The number of thioether (sulfide) groups is 1. The summed E-state index contributed by atoms with van der Waals surface area (Å²) in [6.07, 6.45) is 3.17. The highest BCUT2D eigenvalue weighted by Crippen LogP contribution is 2.33. The first-order valence-electron chi connectivity index (χ1n) is 6.22. The number of rotatable bonds is 3. The molecule has 2 aromatic heterocycles. The number of hydrogen-bond donors (Lipinski definition) is 0. The zero-order valence-corrected chi connectivity index (χ0v) is 13.2. The topological polar surface area (TPSA) is 62.5 Å². The van der Waals surface area contributed by atoms with Gasteiger partial charge in [-0.2, -0.15) is 5.26 Å². The molecule has 3 rings (SSSR count). The predicted octanol–water partition coefficient (Wildman–Crippen LogP) is 3.55. The summed E-state index contributed by atoms with van der Waals surface area (Å²) in [4.78, 5) is 4.67. The second-order valence-corrected chi connectivity index (χ2v) is 6.91. The average Bonchev–Trinajstić information content (AvgIpc) is 3.05. The summed E-state index contributed by atoms with van der Waals surface area (Å²) in [5.41, 5.74) is 4.94. The van der Waals surface area contributed by atoms with E-state index in [1.165, 1.54) is 28.9 Å². The van der Waals surface area contributed by atoms with E-state index in [9.17, 15) is 5.26 Å². The summed E-state index contributed by atoms with van der Waals surface area (Å²) in [6, 6.07) is 2.29. The van der Waals surface area contributed by atoms with Crippen LogP contribution >= 0.6 is 34.9 Å². The van der Waals surface area contributed by atoms with E-state index in [1.54, 1.807) is 0 Å². The third-order valence-electron chi connectivity index (χ3n) is 3.43. The van der Waals surface area contributed by atoms with Gasteiger partial charge in [-0.3, -0.25) is 0 Å². The summed E-state index contributed by atoms with van der Waals surface area (Å²) in [5, 5.41) is 14.2. The van der Waals surface area contributed by atoms with Crippen molar-refractivity contribution in [1.29, 1.82) is 5.26 Å². The van der Waals surface area contributed by atoms with Crippen molar-refractivity contribution >= 4 is 34.9 Å². The van der Waals surface area contributed by atoms with Gasteiger partial charge in [0.15, 0.2) is 0 Å². The molecule has 0 bridgehead atoms. The smallest absolute Gasteiger partial charge is 0.138 e. The molecule has 0 aliphatic heterocycles. The van der Waals surface area contributed by atoms with Crippen LogP contribution in [0.1, 0.15) is 34.5 Å². The first-order valence-corrected chi connectivity index (χ1v) is 8.36. The Hall–Kier alpha value is -1.16. The number of fused-ring (bicyclic) bond motifs is 1. The number of halogens is 1. The standard InChI is InChI=1S/C13H11ClN4S2/c1-7-8-3-2-4-10(8)16-13(9(7)5-15)19-6-11-12(14)20-18-17-11/h2-4,6H2,1H3. The van der Waals surface area contributed by atoms with Crippen molar-refractivity contribution < 1.29 is 0 Å². The predicted molar refractivity (Wildman–Crippen MR) is 80.2 cm³/mol. The van der Waals surface area contributed by atoms with E-state index >= 15 is 0 Å². The summed E-state index contributed by atoms with van der Waals surface area (Å²) >= 11 is 8.69. The van der Waals surface area contributed by atoms with Crippen LogP contribution in [-0.4, -0.2) is 14.6 Å². The molecule has 0 saturated carbocycles. The lowest BCUT2D eigenvalue weighted by Gasteiger charge is -2.10. The average molecular weight is 323 g/mol. The number of aryl methyl sites for hydroxylation is 1. The highest BCUT2D eigenvalue weighted by Gasteiger charge is 2.21. The number of hydrogen-bond acceptors (Lipinski definition) is 6. The van der Waals surface area contributed by atoms with Crippen LogP contribution in [0.5, 0.6) is 0 Å². The van der Waals surface area contributed by atoms with Crippen molar-refractivity contribution in [3.63, 3.8) is 0 Å². The van der Waals surface area contributed by atoms with Gasteiger partial charge in [-0.25, -0.2) is 4.98 Å². The largest absolute Gasteiger partial charge is 0.245 e. The second kappa shape index (κ2) is 5.68. The molecule has 0 N–H and O–H groups in total. The van der Waals surface area contributed by atoms with Crippen LogP contribution in [0.3, 0.4) is 0 Å². The van der Waals surface area contributed by atoms with Gasteiger partial charge in [-0.1, -0.05) is 27.9 Å². The molecule has 0 amide bonds. The third kappa shape index (κ3) is 2.41. The molecule has 20 heavy (non-hydrogen) atoms. The van der Waals surface area contributed by atoms with Gasteiger partial charge in [0.1, 0.15) is 21.1 Å². The zero-order chi connectivity index (χ0) is 14.1. The Morgan fingerprint density at radius 1 is 1.45 bits per heavy atom.